The molecule has 0 saturated heterocycles. The SMILES string of the molecule is O=C1N[C@]2(Nc3ccccc31)C(=O)Nc1ccccc12. The lowest BCUT2D eigenvalue weighted by molar-refractivity contribution is -0.120. The molecule has 0 bridgehead atoms. The highest BCUT2D eigenvalue weighted by molar-refractivity contribution is 6.14. The number of amides is 2. The van der Waals surface area contributed by atoms with Gasteiger partial charge in [-0.1, -0.05) is 30.3 Å². The lowest BCUT2D eigenvalue weighted by Gasteiger charge is -2.35. The summed E-state index contributed by atoms with van der Waals surface area (Å²) in [5, 5.41) is 8.75. The minimum atomic E-state index is -1.22. The van der Waals surface area contributed by atoms with Crippen LogP contribution in [-0.2, 0) is 10.5 Å². The van der Waals surface area contributed by atoms with Crippen LogP contribution in [-0.4, -0.2) is 11.8 Å². The van der Waals surface area contributed by atoms with Gasteiger partial charge in [0.05, 0.1) is 5.56 Å². The zero-order chi connectivity index (χ0) is 13.7. The number of carbonyl (C=O) groups excluding carboxylic acids is 2. The zero-order valence-corrected chi connectivity index (χ0v) is 10.4. The number of fused-ring (bicyclic) bond motifs is 3. The van der Waals surface area contributed by atoms with Crippen LogP contribution in [0.15, 0.2) is 48.5 Å². The molecule has 2 aromatic rings. The van der Waals surface area contributed by atoms with Crippen molar-refractivity contribution in [3.8, 4) is 0 Å². The molecule has 5 heteroatoms. The maximum atomic E-state index is 12.4. The molecule has 20 heavy (non-hydrogen) atoms. The normalized spacial score (nSPS) is 22.6. The molecular weight excluding hydrogens is 254 g/mol. The van der Waals surface area contributed by atoms with Crippen LogP contribution in [0.1, 0.15) is 15.9 Å². The largest absolute Gasteiger partial charge is 0.350 e. The van der Waals surface area contributed by atoms with Gasteiger partial charge in [-0.05, 0) is 18.2 Å². The van der Waals surface area contributed by atoms with Gasteiger partial charge in [0.1, 0.15) is 0 Å². The number of carbonyl (C=O) groups is 2. The summed E-state index contributed by atoms with van der Waals surface area (Å²) in [6.07, 6.45) is 0. The minimum Gasteiger partial charge on any atom is -0.350 e. The predicted molar refractivity (Wildman–Crippen MR) is 74.3 cm³/mol. The molecule has 3 N–H and O–H groups in total. The van der Waals surface area contributed by atoms with E-state index >= 15 is 0 Å². The summed E-state index contributed by atoms with van der Waals surface area (Å²) in [5.74, 6) is -0.534. The summed E-state index contributed by atoms with van der Waals surface area (Å²) in [5.41, 5.74) is 1.41. The standard InChI is InChI=1S/C15H11N3O2/c19-13-9-5-1-3-7-11(9)17-15(18-13)10-6-2-4-8-12(10)16-14(15)20/h1-8,17H,(H,16,20)(H,18,19)/t15-/m0/s1. The highest BCUT2D eigenvalue weighted by Gasteiger charge is 2.50. The molecule has 2 aromatic carbocycles. The Morgan fingerprint density at radius 2 is 1.50 bits per heavy atom. The average molecular weight is 265 g/mol. The van der Waals surface area contributed by atoms with Gasteiger partial charge in [-0.25, -0.2) is 0 Å². The fraction of sp³-hybridized carbons (Fsp3) is 0.0667. The molecule has 1 spiro atoms. The van der Waals surface area contributed by atoms with Crippen LogP contribution in [0.5, 0.6) is 0 Å². The van der Waals surface area contributed by atoms with Gasteiger partial charge in [0.25, 0.3) is 11.8 Å². The van der Waals surface area contributed by atoms with E-state index in [9.17, 15) is 9.59 Å². The Bertz CT molecular complexity index is 756. The van der Waals surface area contributed by atoms with Crippen molar-refractivity contribution in [3.05, 3.63) is 59.7 Å². The fourth-order valence-corrected chi connectivity index (χ4v) is 2.77. The van der Waals surface area contributed by atoms with Gasteiger partial charge in [-0.15, -0.1) is 0 Å². The number of nitrogens with one attached hydrogen (secondary N) is 3. The van der Waals surface area contributed by atoms with E-state index in [2.05, 4.69) is 16.0 Å². The maximum Gasteiger partial charge on any atom is 0.275 e. The Hall–Kier alpha value is -2.82. The molecule has 2 aliphatic rings. The quantitative estimate of drug-likeness (QED) is 0.678. The summed E-state index contributed by atoms with van der Waals surface area (Å²) in [7, 11) is 0. The lowest BCUT2D eigenvalue weighted by atomic mass is 9.96. The van der Waals surface area contributed by atoms with Gasteiger partial charge in [0.2, 0.25) is 5.66 Å². The van der Waals surface area contributed by atoms with Gasteiger partial charge in [-0.2, -0.15) is 0 Å². The molecule has 0 aromatic heterocycles. The van der Waals surface area contributed by atoms with Crippen molar-refractivity contribution in [3.63, 3.8) is 0 Å². The topological polar surface area (TPSA) is 70.2 Å². The van der Waals surface area contributed by atoms with Crippen molar-refractivity contribution in [1.29, 1.82) is 0 Å². The fourth-order valence-electron chi connectivity index (χ4n) is 2.77. The van der Waals surface area contributed by atoms with Gasteiger partial charge < -0.3 is 16.0 Å². The summed E-state index contributed by atoms with van der Waals surface area (Å²) < 4.78 is 0. The van der Waals surface area contributed by atoms with Crippen LogP contribution >= 0.6 is 0 Å². The van der Waals surface area contributed by atoms with Crippen molar-refractivity contribution in [2.45, 2.75) is 5.66 Å². The Labute approximate surface area is 115 Å². The molecule has 4 rings (SSSR count). The molecule has 98 valence electrons. The number of para-hydroxylation sites is 2. The van der Waals surface area contributed by atoms with E-state index in [4.69, 9.17) is 0 Å². The summed E-state index contributed by atoms with van der Waals surface area (Å²) in [6, 6.07) is 14.5. The molecule has 0 unspecified atom stereocenters. The summed E-state index contributed by atoms with van der Waals surface area (Å²) in [6.45, 7) is 0. The van der Waals surface area contributed by atoms with E-state index in [1.165, 1.54) is 0 Å². The van der Waals surface area contributed by atoms with Crippen molar-refractivity contribution in [2.24, 2.45) is 0 Å². The van der Waals surface area contributed by atoms with E-state index < -0.39 is 5.66 Å². The smallest absolute Gasteiger partial charge is 0.275 e. The van der Waals surface area contributed by atoms with Crippen LogP contribution in [0.4, 0.5) is 11.4 Å². The molecular formula is C15H11N3O2. The van der Waals surface area contributed by atoms with E-state index in [1.54, 1.807) is 18.2 Å². The number of rotatable bonds is 0. The third kappa shape index (κ3) is 1.26. The molecule has 2 amide bonds. The van der Waals surface area contributed by atoms with Gasteiger partial charge in [0.15, 0.2) is 0 Å². The van der Waals surface area contributed by atoms with Crippen molar-refractivity contribution < 1.29 is 9.59 Å². The third-order valence-electron chi connectivity index (χ3n) is 3.71. The highest BCUT2D eigenvalue weighted by atomic mass is 16.2. The Balaban J connectivity index is 1.92. The third-order valence-corrected chi connectivity index (χ3v) is 3.71. The molecule has 0 saturated carbocycles. The first-order valence-corrected chi connectivity index (χ1v) is 6.31. The second kappa shape index (κ2) is 3.60. The van der Waals surface area contributed by atoms with Gasteiger partial charge in [-0.3, -0.25) is 9.59 Å². The van der Waals surface area contributed by atoms with E-state index in [1.807, 2.05) is 30.3 Å². The Kier molecular flexibility index (Phi) is 1.99. The Morgan fingerprint density at radius 3 is 2.35 bits per heavy atom. The monoisotopic (exact) mass is 265 g/mol. The second-order valence-corrected chi connectivity index (χ2v) is 4.87. The Morgan fingerprint density at radius 1 is 0.800 bits per heavy atom. The summed E-state index contributed by atoms with van der Waals surface area (Å²) >= 11 is 0. The van der Waals surface area contributed by atoms with Crippen LogP contribution in [0.25, 0.3) is 0 Å². The minimum absolute atomic E-state index is 0.258. The number of benzene rings is 2. The predicted octanol–water partition coefficient (Wildman–Crippen LogP) is 1.65. The van der Waals surface area contributed by atoms with E-state index in [0.717, 1.165) is 5.56 Å². The van der Waals surface area contributed by atoms with Gasteiger partial charge in [0, 0.05) is 16.9 Å². The first kappa shape index (κ1) is 11.0. The van der Waals surface area contributed by atoms with Crippen molar-refractivity contribution >= 4 is 23.2 Å². The van der Waals surface area contributed by atoms with E-state index in [-0.39, 0.29) is 11.8 Å². The van der Waals surface area contributed by atoms with Crippen molar-refractivity contribution in [2.75, 3.05) is 10.6 Å². The zero-order valence-electron chi connectivity index (χ0n) is 10.4. The maximum absolute atomic E-state index is 12.4. The molecule has 0 fully saturated rings. The van der Waals surface area contributed by atoms with Crippen molar-refractivity contribution in [1.82, 2.24) is 5.32 Å². The van der Waals surface area contributed by atoms with Crippen LogP contribution in [0, 0.1) is 0 Å². The second-order valence-electron chi connectivity index (χ2n) is 4.87. The highest BCUT2D eigenvalue weighted by Crippen LogP contribution is 2.39. The first-order valence-electron chi connectivity index (χ1n) is 6.31. The van der Waals surface area contributed by atoms with Crippen LogP contribution in [0.2, 0.25) is 0 Å². The van der Waals surface area contributed by atoms with Gasteiger partial charge >= 0.3 is 0 Å². The average Bonchev–Trinajstić information content (AvgIpc) is 2.72. The number of hydrogen-bond acceptors (Lipinski definition) is 3. The number of anilines is 2. The van der Waals surface area contributed by atoms with Crippen LogP contribution < -0.4 is 16.0 Å². The molecule has 2 aliphatic heterocycles. The molecule has 1 atom stereocenters. The van der Waals surface area contributed by atoms with Crippen LogP contribution in [0.3, 0.4) is 0 Å². The number of hydrogen-bond donors (Lipinski definition) is 3. The first-order chi connectivity index (χ1) is 9.71. The molecule has 0 aliphatic carbocycles. The molecule has 2 heterocycles. The van der Waals surface area contributed by atoms with E-state index in [0.29, 0.717) is 16.9 Å². The molecule has 0 radical (unpaired) electrons. The summed E-state index contributed by atoms with van der Waals surface area (Å²) in [4.78, 5) is 24.6. The molecule has 5 nitrogen and oxygen atoms in total. The lowest BCUT2D eigenvalue weighted by Crippen LogP contribution is -2.59.